The van der Waals surface area contributed by atoms with E-state index in [1.807, 2.05) is 6.92 Å². The molecule has 1 N–H and O–H groups in total. The highest BCUT2D eigenvalue weighted by Gasteiger charge is 2.16. The quantitative estimate of drug-likeness (QED) is 0.741. The Balaban J connectivity index is 2.54. The number of carbonyl (C=O) groups excluding carboxylic acids is 2. The molecule has 0 saturated heterocycles. The second-order valence-electron chi connectivity index (χ2n) is 4.74. The van der Waals surface area contributed by atoms with E-state index in [0.29, 0.717) is 5.69 Å². The average Bonchev–Trinajstić information content (AvgIpc) is 2.86. The first kappa shape index (κ1) is 16.2. The van der Waals surface area contributed by atoms with Gasteiger partial charge in [0.25, 0.3) is 0 Å². The van der Waals surface area contributed by atoms with Crippen LogP contribution in [0.5, 0.6) is 0 Å². The molecule has 1 aromatic rings. The number of esters is 1. The van der Waals surface area contributed by atoms with E-state index in [9.17, 15) is 9.59 Å². The van der Waals surface area contributed by atoms with Crippen LogP contribution in [0.3, 0.4) is 0 Å². The molecule has 1 heterocycles. The van der Waals surface area contributed by atoms with Crippen molar-refractivity contribution in [3.8, 4) is 0 Å². The first-order valence-electron chi connectivity index (χ1n) is 7.00. The van der Waals surface area contributed by atoms with Crippen molar-refractivity contribution in [2.24, 2.45) is 5.92 Å². The molecule has 112 valence electrons. The van der Waals surface area contributed by atoms with Crippen LogP contribution in [0.1, 0.15) is 39.5 Å². The van der Waals surface area contributed by atoms with Gasteiger partial charge in [-0.1, -0.05) is 26.7 Å². The molecule has 1 unspecified atom stereocenters. The number of rotatable bonds is 8. The minimum atomic E-state index is -0.375. The van der Waals surface area contributed by atoms with Gasteiger partial charge in [0.2, 0.25) is 5.91 Å². The SMILES string of the molecule is CCCCC(CC)C(=O)Nc1cnn(CC(=O)OC)c1. The fourth-order valence-electron chi connectivity index (χ4n) is 1.93. The average molecular weight is 281 g/mol. The molecule has 6 nitrogen and oxygen atoms in total. The minimum absolute atomic E-state index is 0.0126. The van der Waals surface area contributed by atoms with E-state index in [-0.39, 0.29) is 24.3 Å². The van der Waals surface area contributed by atoms with Gasteiger partial charge in [-0.05, 0) is 12.8 Å². The number of nitrogens with one attached hydrogen (secondary N) is 1. The van der Waals surface area contributed by atoms with Gasteiger partial charge >= 0.3 is 5.97 Å². The van der Waals surface area contributed by atoms with Crippen molar-refractivity contribution in [1.82, 2.24) is 9.78 Å². The smallest absolute Gasteiger partial charge is 0.327 e. The second kappa shape index (κ2) is 8.35. The molecule has 0 radical (unpaired) electrons. The van der Waals surface area contributed by atoms with Crippen LogP contribution >= 0.6 is 0 Å². The maximum atomic E-state index is 12.1. The highest BCUT2D eigenvalue weighted by atomic mass is 16.5. The number of ether oxygens (including phenoxy) is 1. The normalized spacial score (nSPS) is 11.9. The van der Waals surface area contributed by atoms with E-state index in [0.717, 1.165) is 25.7 Å². The number of aromatic nitrogens is 2. The molecule has 1 amide bonds. The molecule has 6 heteroatoms. The van der Waals surface area contributed by atoms with Gasteiger partial charge in [0.1, 0.15) is 6.54 Å². The Morgan fingerprint density at radius 3 is 2.80 bits per heavy atom. The van der Waals surface area contributed by atoms with Crippen LogP contribution in [0, 0.1) is 5.92 Å². The second-order valence-corrected chi connectivity index (χ2v) is 4.74. The summed E-state index contributed by atoms with van der Waals surface area (Å²) in [6.07, 6.45) is 7.01. The Kier molecular flexibility index (Phi) is 6.76. The Morgan fingerprint density at radius 2 is 2.20 bits per heavy atom. The van der Waals surface area contributed by atoms with E-state index < -0.39 is 0 Å². The van der Waals surface area contributed by atoms with E-state index in [1.54, 1.807) is 6.20 Å². The zero-order valence-electron chi connectivity index (χ0n) is 12.4. The summed E-state index contributed by atoms with van der Waals surface area (Å²) in [6.45, 7) is 4.17. The van der Waals surface area contributed by atoms with Crippen LogP contribution in [0.2, 0.25) is 0 Å². The van der Waals surface area contributed by atoms with Crippen molar-refractivity contribution in [1.29, 1.82) is 0 Å². The first-order valence-corrected chi connectivity index (χ1v) is 7.00. The van der Waals surface area contributed by atoms with Crippen molar-refractivity contribution in [2.75, 3.05) is 12.4 Å². The van der Waals surface area contributed by atoms with E-state index in [4.69, 9.17) is 0 Å². The third-order valence-corrected chi connectivity index (χ3v) is 3.19. The zero-order chi connectivity index (χ0) is 15.0. The molecule has 1 atom stereocenters. The summed E-state index contributed by atoms with van der Waals surface area (Å²) >= 11 is 0. The Bertz CT molecular complexity index is 443. The fraction of sp³-hybridized carbons (Fsp3) is 0.643. The summed E-state index contributed by atoms with van der Waals surface area (Å²) in [7, 11) is 1.33. The molecule has 0 aliphatic carbocycles. The number of unbranched alkanes of at least 4 members (excludes halogenated alkanes) is 1. The van der Waals surface area contributed by atoms with Gasteiger partial charge in [-0.15, -0.1) is 0 Å². The Hall–Kier alpha value is -1.85. The fourth-order valence-corrected chi connectivity index (χ4v) is 1.93. The van der Waals surface area contributed by atoms with Crippen LogP contribution in [0.25, 0.3) is 0 Å². The van der Waals surface area contributed by atoms with Crippen LogP contribution in [-0.2, 0) is 20.9 Å². The lowest BCUT2D eigenvalue weighted by molar-refractivity contribution is -0.141. The van der Waals surface area contributed by atoms with E-state index >= 15 is 0 Å². The molecular weight excluding hydrogens is 258 g/mol. The summed E-state index contributed by atoms with van der Waals surface area (Å²) in [5.74, 6) is -0.335. The van der Waals surface area contributed by atoms with Gasteiger partial charge in [0.15, 0.2) is 0 Å². The van der Waals surface area contributed by atoms with Gasteiger partial charge in [-0.3, -0.25) is 14.3 Å². The third-order valence-electron chi connectivity index (χ3n) is 3.19. The highest BCUT2D eigenvalue weighted by molar-refractivity contribution is 5.92. The number of nitrogens with zero attached hydrogens (tertiary/aromatic N) is 2. The van der Waals surface area contributed by atoms with Gasteiger partial charge in [-0.25, -0.2) is 0 Å². The van der Waals surface area contributed by atoms with Crippen molar-refractivity contribution in [3.63, 3.8) is 0 Å². The molecule has 0 fully saturated rings. The van der Waals surface area contributed by atoms with Gasteiger partial charge < -0.3 is 10.1 Å². The Morgan fingerprint density at radius 1 is 1.45 bits per heavy atom. The predicted octanol–water partition coefficient (Wildman–Crippen LogP) is 2.21. The summed E-state index contributed by atoms with van der Waals surface area (Å²) in [6, 6.07) is 0. The number of hydrogen-bond donors (Lipinski definition) is 1. The third kappa shape index (κ3) is 5.03. The lowest BCUT2D eigenvalue weighted by Gasteiger charge is -2.13. The van der Waals surface area contributed by atoms with E-state index in [2.05, 4.69) is 22.1 Å². The van der Waals surface area contributed by atoms with E-state index in [1.165, 1.54) is 18.0 Å². The van der Waals surface area contributed by atoms with Crippen LogP contribution < -0.4 is 5.32 Å². The van der Waals surface area contributed by atoms with Crippen LogP contribution in [0.4, 0.5) is 5.69 Å². The lowest BCUT2D eigenvalue weighted by atomic mass is 9.98. The topological polar surface area (TPSA) is 73.2 Å². The van der Waals surface area contributed by atoms with Gasteiger partial charge in [-0.2, -0.15) is 5.10 Å². The summed E-state index contributed by atoms with van der Waals surface area (Å²) in [4.78, 5) is 23.2. The lowest BCUT2D eigenvalue weighted by Crippen LogP contribution is -2.22. The standard InChI is InChI=1S/C14H23N3O3/c1-4-6-7-11(5-2)14(19)16-12-8-15-17(9-12)10-13(18)20-3/h8-9,11H,4-7,10H2,1-3H3,(H,16,19). The number of carbonyl (C=O) groups is 2. The zero-order valence-corrected chi connectivity index (χ0v) is 12.4. The van der Waals surface area contributed by atoms with Crippen LogP contribution in [-0.4, -0.2) is 28.8 Å². The molecule has 0 aliphatic rings. The number of amides is 1. The number of anilines is 1. The number of methoxy groups -OCH3 is 1. The van der Waals surface area contributed by atoms with Crippen molar-refractivity contribution < 1.29 is 14.3 Å². The van der Waals surface area contributed by atoms with Crippen LogP contribution in [0.15, 0.2) is 12.4 Å². The van der Waals surface area contributed by atoms with Gasteiger partial charge in [0, 0.05) is 12.1 Å². The molecule has 0 saturated carbocycles. The van der Waals surface area contributed by atoms with Crippen molar-refractivity contribution >= 4 is 17.6 Å². The van der Waals surface area contributed by atoms with Gasteiger partial charge in [0.05, 0.1) is 19.0 Å². The maximum Gasteiger partial charge on any atom is 0.327 e. The van der Waals surface area contributed by atoms with Crippen molar-refractivity contribution in [3.05, 3.63) is 12.4 Å². The highest BCUT2D eigenvalue weighted by Crippen LogP contribution is 2.15. The largest absolute Gasteiger partial charge is 0.468 e. The minimum Gasteiger partial charge on any atom is -0.468 e. The molecule has 0 spiro atoms. The summed E-state index contributed by atoms with van der Waals surface area (Å²) in [5, 5.41) is 6.84. The molecule has 20 heavy (non-hydrogen) atoms. The molecule has 0 bridgehead atoms. The molecule has 0 aliphatic heterocycles. The molecule has 0 aromatic carbocycles. The number of hydrogen-bond acceptors (Lipinski definition) is 4. The first-order chi connectivity index (χ1) is 9.60. The molecule has 1 aromatic heterocycles. The monoisotopic (exact) mass is 281 g/mol. The Labute approximate surface area is 119 Å². The summed E-state index contributed by atoms with van der Waals surface area (Å²) < 4.78 is 6.00. The molecule has 1 rings (SSSR count). The molecular formula is C14H23N3O3. The predicted molar refractivity (Wildman–Crippen MR) is 76.2 cm³/mol. The summed E-state index contributed by atoms with van der Waals surface area (Å²) in [5.41, 5.74) is 0.605. The van der Waals surface area contributed by atoms with Crippen molar-refractivity contribution in [2.45, 2.75) is 46.1 Å². The maximum absolute atomic E-state index is 12.1.